The highest BCUT2D eigenvalue weighted by atomic mass is 35.5. The van der Waals surface area contributed by atoms with Crippen molar-refractivity contribution >= 4 is 24.1 Å². The fourth-order valence-electron chi connectivity index (χ4n) is 5.54. The van der Waals surface area contributed by atoms with Gasteiger partial charge < -0.3 is 20.0 Å². The maximum atomic E-state index is 7.60. The minimum absolute atomic E-state index is 0. The van der Waals surface area contributed by atoms with Gasteiger partial charge in [-0.15, -0.1) is 12.4 Å². The van der Waals surface area contributed by atoms with Crippen LogP contribution in [0.15, 0.2) is 52.1 Å². The van der Waals surface area contributed by atoms with Crippen molar-refractivity contribution in [3.8, 4) is 11.4 Å². The first-order chi connectivity index (χ1) is 18.0. The molecule has 1 saturated heterocycles. The molecule has 5 rings (SSSR count). The fourth-order valence-corrected chi connectivity index (χ4v) is 5.54. The van der Waals surface area contributed by atoms with Crippen molar-refractivity contribution in [1.82, 2.24) is 15.0 Å². The molecule has 1 aliphatic carbocycles. The van der Waals surface area contributed by atoms with Crippen LogP contribution >= 0.6 is 12.4 Å². The molecule has 9 heteroatoms. The number of rotatable bonds is 6. The van der Waals surface area contributed by atoms with Gasteiger partial charge >= 0.3 is 0 Å². The number of halogens is 1. The lowest BCUT2D eigenvalue weighted by molar-refractivity contribution is 0.130. The summed E-state index contributed by atoms with van der Waals surface area (Å²) in [4.78, 5) is 12.2. The molecule has 1 aromatic heterocycles. The Morgan fingerprint density at radius 3 is 2.46 bits per heavy atom. The number of oxime groups is 1. The van der Waals surface area contributed by atoms with Gasteiger partial charge in [-0.05, 0) is 59.3 Å². The molecule has 1 fully saturated rings. The molecule has 0 amide bonds. The highest BCUT2D eigenvalue weighted by Crippen LogP contribution is 2.46. The number of fused-ring (bicyclic) bond motifs is 1. The van der Waals surface area contributed by atoms with E-state index in [1.807, 2.05) is 36.1 Å². The average molecular weight is 551 g/mol. The minimum Gasteiger partial charge on any atom is -0.391 e. The van der Waals surface area contributed by atoms with E-state index in [0.29, 0.717) is 24.9 Å². The largest absolute Gasteiger partial charge is 0.391 e. The van der Waals surface area contributed by atoms with Crippen LogP contribution in [0.2, 0.25) is 0 Å². The standard InChI is InChI=1S/C30H38N6O2.ClH/c1-19(34-37-18-20-6-11-24-25(16-20)30(4,5)14-13-29(24,2)3)21-7-9-22(10-8-21)26-33-27(38-35-26)23-12-15-36(17-23)28(31)32;/h6-11,16,23H,12-15,17-18H2,1-5H3,(H3,31,32);1H/b34-19-;/t23-;/m1./s1. The lowest BCUT2D eigenvalue weighted by Gasteiger charge is -2.42. The zero-order valence-electron chi connectivity index (χ0n) is 23.5. The summed E-state index contributed by atoms with van der Waals surface area (Å²) in [6, 6.07) is 14.7. The highest BCUT2D eigenvalue weighted by Gasteiger charge is 2.37. The van der Waals surface area contributed by atoms with E-state index in [0.717, 1.165) is 35.4 Å². The second kappa shape index (κ2) is 11.0. The lowest BCUT2D eigenvalue weighted by Crippen LogP contribution is -2.34. The fraction of sp³-hybridized carbons (Fsp3) is 0.467. The molecule has 3 aromatic rings. The van der Waals surface area contributed by atoms with Crippen molar-refractivity contribution in [2.75, 3.05) is 13.1 Å². The molecule has 39 heavy (non-hydrogen) atoms. The monoisotopic (exact) mass is 550 g/mol. The Hall–Kier alpha value is -3.39. The van der Waals surface area contributed by atoms with Gasteiger partial charge in [0.1, 0.15) is 6.61 Å². The van der Waals surface area contributed by atoms with E-state index in [1.165, 1.54) is 24.0 Å². The van der Waals surface area contributed by atoms with Gasteiger partial charge in [-0.2, -0.15) is 4.98 Å². The Morgan fingerprint density at radius 2 is 1.79 bits per heavy atom. The number of guanidine groups is 1. The predicted molar refractivity (Wildman–Crippen MR) is 157 cm³/mol. The van der Waals surface area contributed by atoms with Crippen LogP contribution in [0.5, 0.6) is 0 Å². The number of likely N-dealkylation sites (tertiary alicyclic amines) is 1. The highest BCUT2D eigenvalue weighted by molar-refractivity contribution is 5.98. The number of nitrogens with two attached hydrogens (primary N) is 1. The van der Waals surface area contributed by atoms with Crippen LogP contribution in [0.4, 0.5) is 0 Å². The van der Waals surface area contributed by atoms with Crippen LogP contribution in [0, 0.1) is 5.41 Å². The quantitative estimate of drug-likeness (QED) is 0.217. The molecular formula is C30H39ClN6O2. The number of aromatic nitrogens is 2. The summed E-state index contributed by atoms with van der Waals surface area (Å²) >= 11 is 0. The van der Waals surface area contributed by atoms with Gasteiger partial charge in [-0.3, -0.25) is 5.41 Å². The molecular weight excluding hydrogens is 512 g/mol. The van der Waals surface area contributed by atoms with Crippen LogP contribution < -0.4 is 5.73 Å². The molecule has 0 spiro atoms. The second-order valence-electron chi connectivity index (χ2n) is 11.9. The Morgan fingerprint density at radius 1 is 1.10 bits per heavy atom. The third kappa shape index (κ3) is 5.96. The van der Waals surface area contributed by atoms with E-state index in [-0.39, 0.29) is 35.1 Å². The van der Waals surface area contributed by atoms with E-state index in [9.17, 15) is 0 Å². The van der Waals surface area contributed by atoms with Gasteiger partial charge in [-0.1, -0.05) is 80.5 Å². The molecule has 8 nitrogen and oxygen atoms in total. The first-order valence-corrected chi connectivity index (χ1v) is 13.4. The Labute approximate surface area is 236 Å². The van der Waals surface area contributed by atoms with Crippen molar-refractivity contribution in [2.24, 2.45) is 10.9 Å². The number of nitrogens with zero attached hydrogens (tertiary/aromatic N) is 4. The number of hydrogen-bond donors (Lipinski definition) is 2. The van der Waals surface area contributed by atoms with E-state index in [4.69, 9.17) is 20.5 Å². The summed E-state index contributed by atoms with van der Waals surface area (Å²) in [7, 11) is 0. The number of benzene rings is 2. The molecule has 0 radical (unpaired) electrons. The normalized spacial score (nSPS) is 19.8. The van der Waals surface area contributed by atoms with Crippen LogP contribution in [0.25, 0.3) is 11.4 Å². The summed E-state index contributed by atoms with van der Waals surface area (Å²) in [5, 5.41) is 16.1. The maximum absolute atomic E-state index is 7.60. The molecule has 0 unspecified atom stereocenters. The van der Waals surface area contributed by atoms with Crippen molar-refractivity contribution in [2.45, 2.75) is 77.2 Å². The minimum atomic E-state index is 0. The molecule has 2 aliphatic rings. The van der Waals surface area contributed by atoms with E-state index in [2.05, 4.69) is 61.2 Å². The summed E-state index contributed by atoms with van der Waals surface area (Å²) in [5.41, 5.74) is 12.7. The first kappa shape index (κ1) is 28.6. The Kier molecular flexibility index (Phi) is 8.07. The van der Waals surface area contributed by atoms with Gasteiger partial charge in [0.25, 0.3) is 0 Å². The van der Waals surface area contributed by atoms with E-state index < -0.39 is 0 Å². The average Bonchev–Trinajstić information content (AvgIpc) is 3.57. The third-order valence-electron chi connectivity index (χ3n) is 8.23. The topological polar surface area (TPSA) is 114 Å². The Balaban J connectivity index is 0.00000353. The predicted octanol–water partition coefficient (Wildman–Crippen LogP) is 6.13. The van der Waals surface area contributed by atoms with Crippen LogP contribution in [-0.4, -0.2) is 39.8 Å². The SMILES string of the molecule is C/C(=N/OCc1ccc2c(c1)C(C)(C)CCC2(C)C)c1ccc(-c2noc([C@@H]3CCN(C(=N)N)C3)n2)cc1.Cl. The smallest absolute Gasteiger partial charge is 0.231 e. The summed E-state index contributed by atoms with van der Waals surface area (Å²) in [6.07, 6.45) is 3.24. The van der Waals surface area contributed by atoms with Gasteiger partial charge in [0, 0.05) is 18.7 Å². The molecule has 0 saturated carbocycles. The zero-order chi connectivity index (χ0) is 27.1. The molecule has 0 bridgehead atoms. The molecule has 3 N–H and O–H groups in total. The second-order valence-corrected chi connectivity index (χ2v) is 11.9. The van der Waals surface area contributed by atoms with Crippen molar-refractivity contribution < 1.29 is 9.36 Å². The van der Waals surface area contributed by atoms with Gasteiger partial charge in [-0.25, -0.2) is 0 Å². The zero-order valence-corrected chi connectivity index (χ0v) is 24.3. The molecule has 1 aliphatic heterocycles. The summed E-state index contributed by atoms with van der Waals surface area (Å²) in [5.74, 6) is 1.32. The van der Waals surface area contributed by atoms with Gasteiger partial charge in [0.15, 0.2) is 5.96 Å². The van der Waals surface area contributed by atoms with Crippen LogP contribution in [0.1, 0.15) is 87.9 Å². The van der Waals surface area contributed by atoms with Crippen LogP contribution in [-0.2, 0) is 22.3 Å². The lowest BCUT2D eigenvalue weighted by atomic mass is 9.63. The first-order valence-electron chi connectivity index (χ1n) is 13.4. The molecule has 2 heterocycles. The van der Waals surface area contributed by atoms with Gasteiger partial charge in [0.2, 0.25) is 11.7 Å². The Bertz CT molecular complexity index is 1360. The summed E-state index contributed by atoms with van der Waals surface area (Å²) in [6.45, 7) is 13.1. The van der Waals surface area contributed by atoms with Crippen LogP contribution in [0.3, 0.4) is 0 Å². The summed E-state index contributed by atoms with van der Waals surface area (Å²) < 4.78 is 5.52. The third-order valence-corrected chi connectivity index (χ3v) is 8.23. The van der Waals surface area contributed by atoms with E-state index >= 15 is 0 Å². The number of nitrogens with one attached hydrogen (secondary N) is 1. The maximum Gasteiger partial charge on any atom is 0.231 e. The van der Waals surface area contributed by atoms with Crippen molar-refractivity contribution in [3.63, 3.8) is 0 Å². The van der Waals surface area contributed by atoms with E-state index in [1.54, 1.807) is 0 Å². The number of hydrogen-bond acceptors (Lipinski definition) is 6. The van der Waals surface area contributed by atoms with Crippen molar-refractivity contribution in [3.05, 3.63) is 70.6 Å². The molecule has 208 valence electrons. The molecule has 1 atom stereocenters. The molecule has 2 aromatic carbocycles. The van der Waals surface area contributed by atoms with Gasteiger partial charge in [0.05, 0.1) is 11.6 Å². The van der Waals surface area contributed by atoms with Crippen molar-refractivity contribution in [1.29, 1.82) is 5.41 Å².